The Hall–Kier alpha value is -3.40. The quantitative estimate of drug-likeness (QED) is 0.217. The summed E-state index contributed by atoms with van der Waals surface area (Å²) in [6.07, 6.45) is 20.6. The second kappa shape index (κ2) is 28.1. The molecular formula is C42H70N4O10. The van der Waals surface area contributed by atoms with Crippen molar-refractivity contribution in [3.63, 3.8) is 0 Å². The van der Waals surface area contributed by atoms with Crippen molar-refractivity contribution in [2.75, 3.05) is 39.6 Å². The van der Waals surface area contributed by atoms with Crippen LogP contribution in [0.4, 0.5) is 0 Å². The van der Waals surface area contributed by atoms with Crippen LogP contribution in [-0.2, 0) is 31.9 Å². The number of carbonyl (C=O) groups is 2. The zero-order valence-corrected chi connectivity index (χ0v) is 33.9. The number of rotatable bonds is 2. The molecule has 14 heteroatoms. The Labute approximate surface area is 333 Å². The molecule has 4 bridgehead atoms. The molecule has 2 aliphatic rings. The maximum absolute atomic E-state index is 11.7. The summed E-state index contributed by atoms with van der Waals surface area (Å²) in [5.74, 6) is -1.51. The van der Waals surface area contributed by atoms with Crippen LogP contribution in [0.1, 0.15) is 128 Å². The van der Waals surface area contributed by atoms with Crippen LogP contribution in [0.15, 0.2) is 36.7 Å². The van der Waals surface area contributed by atoms with E-state index in [1.165, 1.54) is 51.4 Å². The van der Waals surface area contributed by atoms with Gasteiger partial charge in [-0.1, -0.05) is 90.9 Å². The number of aliphatic hydroxyl groups is 2. The van der Waals surface area contributed by atoms with Crippen LogP contribution in [0.25, 0.3) is 0 Å². The third-order valence-electron chi connectivity index (χ3n) is 9.94. The van der Waals surface area contributed by atoms with E-state index in [0.29, 0.717) is 49.3 Å². The lowest BCUT2D eigenvalue weighted by Crippen LogP contribution is -2.57. The molecule has 318 valence electrons. The first kappa shape index (κ1) is 48.7. The summed E-state index contributed by atoms with van der Waals surface area (Å²) in [4.78, 5) is 31.7. The summed E-state index contributed by atoms with van der Waals surface area (Å²) in [7, 11) is 0. The minimum absolute atomic E-state index is 0.0149. The molecule has 2 unspecified atom stereocenters. The molecule has 0 radical (unpaired) electrons. The fourth-order valence-electron chi connectivity index (χ4n) is 6.38. The lowest BCUT2D eigenvalue weighted by molar-refractivity contribution is -0.163. The smallest absolute Gasteiger partial charge is 0.337 e. The summed E-state index contributed by atoms with van der Waals surface area (Å²) in [5.41, 5.74) is 8.51. The maximum Gasteiger partial charge on any atom is 0.337 e. The fourth-order valence-corrected chi connectivity index (χ4v) is 6.38. The van der Waals surface area contributed by atoms with Gasteiger partial charge in [-0.15, -0.1) is 0 Å². The Bertz CT molecular complexity index is 1270. The molecule has 0 aromatic carbocycles. The van der Waals surface area contributed by atoms with Gasteiger partial charge in [0.05, 0.1) is 38.5 Å². The van der Waals surface area contributed by atoms with E-state index in [2.05, 4.69) is 9.97 Å². The fraction of sp³-hybridized carbons (Fsp3) is 0.714. The van der Waals surface area contributed by atoms with Gasteiger partial charge in [0.25, 0.3) is 0 Å². The molecule has 2 aromatic heterocycles. The van der Waals surface area contributed by atoms with E-state index in [-0.39, 0.29) is 26.1 Å². The summed E-state index contributed by atoms with van der Waals surface area (Å²) in [5, 5.41) is 40.4. The van der Waals surface area contributed by atoms with Gasteiger partial charge in [-0.05, 0) is 37.8 Å². The topological polar surface area (TPSA) is 230 Å². The van der Waals surface area contributed by atoms with Gasteiger partial charge in [-0.25, -0.2) is 9.59 Å². The van der Waals surface area contributed by atoms with Crippen molar-refractivity contribution in [3.8, 4) is 11.5 Å². The Kier molecular flexibility index (Phi) is 24.4. The van der Waals surface area contributed by atoms with Crippen molar-refractivity contribution >= 4 is 11.9 Å². The van der Waals surface area contributed by atoms with E-state index in [9.17, 15) is 30.0 Å². The molecule has 0 saturated carbocycles. The number of carboxylic acid groups (broad SMARTS) is 2. The van der Waals surface area contributed by atoms with Gasteiger partial charge in [0.1, 0.15) is 11.5 Å². The number of ether oxygens (including phenoxy) is 4. The van der Waals surface area contributed by atoms with Crippen molar-refractivity contribution in [1.82, 2.24) is 9.97 Å². The molecule has 0 spiro atoms. The molecule has 0 fully saturated rings. The average Bonchev–Trinajstić information content (AvgIpc) is 3.18. The van der Waals surface area contributed by atoms with Gasteiger partial charge < -0.3 is 50.8 Å². The molecule has 8 N–H and O–H groups in total. The Morgan fingerprint density at radius 1 is 0.571 bits per heavy atom. The monoisotopic (exact) mass is 791 g/mol. The lowest BCUT2D eigenvalue weighted by Gasteiger charge is -2.29. The molecule has 0 aliphatic carbocycles. The number of hydrogen-bond donors (Lipinski definition) is 6. The van der Waals surface area contributed by atoms with Gasteiger partial charge in [-0.2, -0.15) is 0 Å². The van der Waals surface area contributed by atoms with Crippen LogP contribution in [-0.4, -0.2) is 105 Å². The van der Waals surface area contributed by atoms with Crippen molar-refractivity contribution < 1.29 is 49.0 Å². The molecule has 0 saturated heterocycles. The van der Waals surface area contributed by atoms with E-state index in [4.69, 9.17) is 30.4 Å². The number of nitrogens with two attached hydrogens (primary N) is 2. The predicted octanol–water partition coefficient (Wildman–Crippen LogP) is 5.62. The summed E-state index contributed by atoms with van der Waals surface area (Å²) >= 11 is 0. The van der Waals surface area contributed by atoms with E-state index < -0.39 is 35.2 Å². The lowest BCUT2D eigenvalue weighted by atomic mass is 9.89. The highest BCUT2D eigenvalue weighted by Crippen LogP contribution is 2.22. The highest BCUT2D eigenvalue weighted by atomic mass is 16.5. The minimum Gasteiger partial charge on any atom is -0.493 e. The highest BCUT2D eigenvalue weighted by molar-refractivity contribution is 5.79. The Balaban J connectivity index is 0.000000370. The first-order chi connectivity index (χ1) is 27.0. The number of nitrogens with zero attached hydrogens (tertiary/aromatic N) is 2. The molecule has 4 atom stereocenters. The average molecular weight is 791 g/mol. The van der Waals surface area contributed by atoms with Gasteiger partial charge in [-0.3, -0.25) is 9.97 Å². The van der Waals surface area contributed by atoms with E-state index >= 15 is 0 Å². The summed E-state index contributed by atoms with van der Waals surface area (Å²) in [6, 6.07) is 4.68. The van der Waals surface area contributed by atoms with Crippen LogP contribution >= 0.6 is 0 Å². The molecule has 2 aliphatic heterocycles. The highest BCUT2D eigenvalue weighted by Gasteiger charge is 2.44. The van der Waals surface area contributed by atoms with Gasteiger partial charge in [0, 0.05) is 62.0 Å². The van der Waals surface area contributed by atoms with Gasteiger partial charge in [0.2, 0.25) is 0 Å². The number of hydrogen-bond acceptors (Lipinski definition) is 12. The standard InChI is InChI=1S/2C20H32N2O5.C2H6/c2*21-18-15-26-11-7-5-3-1-2-4-6-8-12-27-17-9-10-22-16(13-17)14-20(18,25)19(23)24;1-2/h2*9-10,13,18,25H,1-8,11-12,14-15,21H2,(H,23,24);1-2H3/t2*18?,20-;/m11./s1. The van der Waals surface area contributed by atoms with Gasteiger partial charge >= 0.3 is 11.9 Å². The van der Waals surface area contributed by atoms with Gasteiger partial charge in [0.15, 0.2) is 11.2 Å². The Morgan fingerprint density at radius 2 is 0.875 bits per heavy atom. The number of aliphatic carboxylic acids is 2. The van der Waals surface area contributed by atoms with Crippen molar-refractivity contribution in [3.05, 3.63) is 48.0 Å². The van der Waals surface area contributed by atoms with Crippen LogP contribution in [0, 0.1) is 0 Å². The summed E-state index contributed by atoms with van der Waals surface area (Å²) < 4.78 is 22.5. The van der Waals surface area contributed by atoms with Crippen molar-refractivity contribution in [2.45, 2.75) is 153 Å². The third-order valence-corrected chi connectivity index (χ3v) is 9.94. The zero-order valence-electron chi connectivity index (χ0n) is 33.9. The molecular weight excluding hydrogens is 720 g/mol. The number of fused-ring (bicyclic) bond motifs is 4. The second-order valence-electron chi connectivity index (χ2n) is 14.5. The number of carboxylic acids is 2. The van der Waals surface area contributed by atoms with Crippen molar-refractivity contribution in [2.24, 2.45) is 11.5 Å². The van der Waals surface area contributed by atoms with Crippen LogP contribution in [0.5, 0.6) is 11.5 Å². The SMILES string of the molecule is CC.NC1COCCCCCCCCCCOc2ccnc(c2)C[C@]1(O)C(=O)O.NC1COCCCCCCCCCCOc2ccnc(c2)C[C@]1(O)C(=O)O. The largest absolute Gasteiger partial charge is 0.493 e. The molecule has 4 heterocycles. The normalized spacial score (nSPS) is 26.0. The predicted molar refractivity (Wildman–Crippen MR) is 215 cm³/mol. The van der Waals surface area contributed by atoms with Crippen molar-refractivity contribution in [1.29, 1.82) is 0 Å². The third kappa shape index (κ3) is 18.2. The zero-order chi connectivity index (χ0) is 41.1. The molecule has 4 rings (SSSR count). The molecule has 0 amide bonds. The van der Waals surface area contributed by atoms with Crippen LogP contribution < -0.4 is 20.9 Å². The van der Waals surface area contributed by atoms with Crippen LogP contribution in [0.3, 0.4) is 0 Å². The molecule has 14 nitrogen and oxygen atoms in total. The number of aromatic nitrogens is 2. The first-order valence-corrected chi connectivity index (χ1v) is 20.8. The second-order valence-corrected chi connectivity index (χ2v) is 14.5. The van der Waals surface area contributed by atoms with E-state index in [0.717, 1.165) is 51.4 Å². The maximum atomic E-state index is 11.7. The summed E-state index contributed by atoms with van der Waals surface area (Å²) in [6.45, 7) is 6.23. The number of pyridine rings is 2. The first-order valence-electron chi connectivity index (χ1n) is 20.8. The Morgan fingerprint density at radius 3 is 1.20 bits per heavy atom. The minimum atomic E-state index is -2.14. The van der Waals surface area contributed by atoms with E-state index in [1.807, 2.05) is 13.8 Å². The molecule has 2 aromatic rings. The molecule has 56 heavy (non-hydrogen) atoms. The van der Waals surface area contributed by atoms with Crippen LogP contribution in [0.2, 0.25) is 0 Å². The van der Waals surface area contributed by atoms with E-state index in [1.54, 1.807) is 36.7 Å².